The van der Waals surface area contributed by atoms with Gasteiger partial charge in [-0.2, -0.15) is 0 Å². The second kappa shape index (κ2) is 6.01. The molecule has 0 saturated carbocycles. The third-order valence-electron chi connectivity index (χ3n) is 2.96. The van der Waals surface area contributed by atoms with E-state index in [1.807, 2.05) is 30.6 Å². The highest BCUT2D eigenvalue weighted by Crippen LogP contribution is 2.35. The van der Waals surface area contributed by atoms with Crippen LogP contribution in [0.1, 0.15) is 22.2 Å². The predicted molar refractivity (Wildman–Crippen MR) is 75.6 cm³/mol. The quantitative estimate of drug-likeness (QED) is 0.647. The maximum Gasteiger partial charge on any atom is 0.124 e. The van der Waals surface area contributed by atoms with Crippen molar-refractivity contribution >= 4 is 11.3 Å². The van der Waals surface area contributed by atoms with Gasteiger partial charge in [0.05, 0.1) is 36.3 Å². The van der Waals surface area contributed by atoms with Crippen LogP contribution in [0.25, 0.3) is 0 Å². The van der Waals surface area contributed by atoms with E-state index in [1.165, 1.54) is 0 Å². The first-order valence-corrected chi connectivity index (χ1v) is 6.67. The van der Waals surface area contributed by atoms with Gasteiger partial charge in [0.15, 0.2) is 0 Å². The third kappa shape index (κ3) is 2.70. The minimum Gasteiger partial charge on any atom is -0.497 e. The van der Waals surface area contributed by atoms with E-state index in [2.05, 4.69) is 10.4 Å². The molecule has 3 N–H and O–H groups in total. The number of aryl methyl sites for hydroxylation is 1. The molecular weight excluding hydrogens is 262 g/mol. The number of benzene rings is 1. The second-order valence-electron chi connectivity index (χ2n) is 4.01. The largest absolute Gasteiger partial charge is 0.497 e. The molecule has 1 aromatic carbocycles. The lowest BCUT2D eigenvalue weighted by atomic mass is 10.0. The van der Waals surface area contributed by atoms with E-state index in [4.69, 9.17) is 15.3 Å². The lowest BCUT2D eigenvalue weighted by molar-refractivity contribution is 0.394. The van der Waals surface area contributed by atoms with Crippen molar-refractivity contribution in [1.29, 1.82) is 0 Å². The molecule has 19 heavy (non-hydrogen) atoms. The topological polar surface area (TPSA) is 69.4 Å². The van der Waals surface area contributed by atoms with Crippen molar-refractivity contribution in [2.24, 2.45) is 5.84 Å². The van der Waals surface area contributed by atoms with Crippen LogP contribution in [0.15, 0.2) is 23.7 Å². The summed E-state index contributed by atoms with van der Waals surface area (Å²) in [6.45, 7) is 1.96. The molecule has 0 aliphatic heterocycles. The van der Waals surface area contributed by atoms with Gasteiger partial charge in [-0.25, -0.2) is 10.4 Å². The van der Waals surface area contributed by atoms with E-state index < -0.39 is 0 Å². The minimum absolute atomic E-state index is 0.169. The Hall–Kier alpha value is -1.63. The molecule has 0 saturated heterocycles. The van der Waals surface area contributed by atoms with Gasteiger partial charge in [0, 0.05) is 5.56 Å². The SMILES string of the molecule is COc1ccc(OC)c(C(NN)c2scnc2C)c1. The molecule has 0 aliphatic rings. The number of nitrogens with zero attached hydrogens (tertiary/aromatic N) is 1. The van der Waals surface area contributed by atoms with E-state index in [0.717, 1.165) is 27.6 Å². The Labute approximate surface area is 116 Å². The van der Waals surface area contributed by atoms with Crippen molar-refractivity contribution in [3.05, 3.63) is 39.8 Å². The lowest BCUT2D eigenvalue weighted by Gasteiger charge is -2.19. The summed E-state index contributed by atoms with van der Waals surface area (Å²) in [5.41, 5.74) is 6.51. The number of hydrogen-bond donors (Lipinski definition) is 2. The molecule has 2 rings (SSSR count). The average Bonchev–Trinajstić information content (AvgIpc) is 2.86. The van der Waals surface area contributed by atoms with E-state index in [0.29, 0.717) is 0 Å². The van der Waals surface area contributed by atoms with Crippen LogP contribution < -0.4 is 20.7 Å². The van der Waals surface area contributed by atoms with Crippen LogP contribution in [-0.2, 0) is 0 Å². The van der Waals surface area contributed by atoms with Crippen molar-refractivity contribution in [2.75, 3.05) is 14.2 Å². The smallest absolute Gasteiger partial charge is 0.124 e. The lowest BCUT2D eigenvalue weighted by Crippen LogP contribution is -2.29. The van der Waals surface area contributed by atoms with Crippen molar-refractivity contribution in [3.63, 3.8) is 0 Å². The molecule has 6 heteroatoms. The van der Waals surface area contributed by atoms with Gasteiger partial charge in [0.25, 0.3) is 0 Å². The van der Waals surface area contributed by atoms with Crippen LogP contribution in [-0.4, -0.2) is 19.2 Å². The number of nitrogens with one attached hydrogen (secondary N) is 1. The second-order valence-corrected chi connectivity index (χ2v) is 4.90. The monoisotopic (exact) mass is 279 g/mol. The normalized spacial score (nSPS) is 12.2. The molecule has 5 nitrogen and oxygen atoms in total. The molecular formula is C13H17N3O2S. The molecule has 102 valence electrons. The van der Waals surface area contributed by atoms with Crippen LogP contribution in [0.4, 0.5) is 0 Å². The molecule has 0 amide bonds. The van der Waals surface area contributed by atoms with Gasteiger partial charge in [0.2, 0.25) is 0 Å². The van der Waals surface area contributed by atoms with Crippen molar-refractivity contribution < 1.29 is 9.47 Å². The van der Waals surface area contributed by atoms with Crippen LogP contribution in [0, 0.1) is 6.92 Å². The van der Waals surface area contributed by atoms with Crippen LogP contribution in [0.3, 0.4) is 0 Å². The van der Waals surface area contributed by atoms with E-state index in [1.54, 1.807) is 25.6 Å². The van der Waals surface area contributed by atoms with E-state index in [-0.39, 0.29) is 6.04 Å². The summed E-state index contributed by atoms with van der Waals surface area (Å²) in [5.74, 6) is 7.24. The first kappa shape index (κ1) is 13.8. The molecule has 2 aromatic rings. The minimum atomic E-state index is -0.169. The van der Waals surface area contributed by atoms with Gasteiger partial charge in [-0.3, -0.25) is 5.84 Å². The van der Waals surface area contributed by atoms with Gasteiger partial charge in [-0.1, -0.05) is 0 Å². The number of thiazole rings is 1. The summed E-state index contributed by atoms with van der Waals surface area (Å²) in [6.07, 6.45) is 0. The zero-order valence-electron chi connectivity index (χ0n) is 11.1. The molecule has 0 aliphatic carbocycles. The zero-order chi connectivity index (χ0) is 13.8. The molecule has 1 aromatic heterocycles. The Kier molecular flexibility index (Phi) is 4.36. The summed E-state index contributed by atoms with van der Waals surface area (Å²) >= 11 is 1.56. The Bertz CT molecular complexity index is 557. The standard InChI is InChI=1S/C13H17N3O2S/c1-8-13(19-7-15-8)12(16-14)10-6-9(17-2)4-5-11(10)18-3/h4-7,12,16H,14H2,1-3H3. The maximum absolute atomic E-state index is 5.71. The fourth-order valence-corrected chi connectivity index (χ4v) is 2.84. The molecule has 1 unspecified atom stereocenters. The van der Waals surface area contributed by atoms with Gasteiger partial charge < -0.3 is 9.47 Å². The molecule has 0 spiro atoms. The van der Waals surface area contributed by atoms with Gasteiger partial charge >= 0.3 is 0 Å². The van der Waals surface area contributed by atoms with Crippen molar-refractivity contribution in [3.8, 4) is 11.5 Å². The number of methoxy groups -OCH3 is 2. The summed E-state index contributed by atoms with van der Waals surface area (Å²) < 4.78 is 10.7. The van der Waals surface area contributed by atoms with E-state index in [9.17, 15) is 0 Å². The first-order valence-electron chi connectivity index (χ1n) is 5.79. The number of ether oxygens (including phenoxy) is 2. The summed E-state index contributed by atoms with van der Waals surface area (Å²) in [7, 11) is 3.27. The Morgan fingerprint density at radius 1 is 1.32 bits per heavy atom. The number of nitrogens with two attached hydrogens (primary N) is 1. The molecule has 0 radical (unpaired) electrons. The average molecular weight is 279 g/mol. The summed E-state index contributed by atoms with van der Waals surface area (Å²) in [6, 6.07) is 5.48. The Balaban J connectivity index is 2.51. The van der Waals surface area contributed by atoms with E-state index >= 15 is 0 Å². The highest BCUT2D eigenvalue weighted by molar-refractivity contribution is 7.09. The third-order valence-corrected chi connectivity index (χ3v) is 3.96. The molecule has 1 heterocycles. The van der Waals surface area contributed by atoms with Gasteiger partial charge in [0.1, 0.15) is 11.5 Å². The fraction of sp³-hybridized carbons (Fsp3) is 0.308. The molecule has 1 atom stereocenters. The van der Waals surface area contributed by atoms with Crippen molar-refractivity contribution in [2.45, 2.75) is 13.0 Å². The predicted octanol–water partition coefficient (Wildman–Crippen LogP) is 2.02. The molecule has 0 bridgehead atoms. The number of aromatic nitrogens is 1. The molecule has 0 fully saturated rings. The highest BCUT2D eigenvalue weighted by Gasteiger charge is 2.21. The van der Waals surface area contributed by atoms with Crippen molar-refractivity contribution in [1.82, 2.24) is 10.4 Å². The summed E-state index contributed by atoms with van der Waals surface area (Å²) in [4.78, 5) is 5.32. The Morgan fingerprint density at radius 3 is 2.63 bits per heavy atom. The van der Waals surface area contributed by atoms with Crippen LogP contribution in [0.5, 0.6) is 11.5 Å². The first-order chi connectivity index (χ1) is 9.21. The van der Waals surface area contributed by atoms with Gasteiger partial charge in [-0.05, 0) is 25.1 Å². The van der Waals surface area contributed by atoms with Gasteiger partial charge in [-0.15, -0.1) is 11.3 Å². The van der Waals surface area contributed by atoms with Crippen LogP contribution in [0.2, 0.25) is 0 Å². The van der Waals surface area contributed by atoms with Crippen LogP contribution >= 0.6 is 11.3 Å². The highest BCUT2D eigenvalue weighted by atomic mass is 32.1. The number of hydrazine groups is 1. The maximum atomic E-state index is 5.71. The number of rotatable bonds is 5. The Morgan fingerprint density at radius 2 is 2.11 bits per heavy atom. The zero-order valence-corrected chi connectivity index (χ0v) is 12.0. The number of hydrogen-bond acceptors (Lipinski definition) is 6. The summed E-state index contributed by atoms with van der Waals surface area (Å²) in [5, 5.41) is 0. The fourth-order valence-electron chi connectivity index (χ4n) is 1.96.